The van der Waals surface area contributed by atoms with Gasteiger partial charge in [0.25, 0.3) is 0 Å². The molecule has 15 heavy (non-hydrogen) atoms. The molecule has 0 unspecified atom stereocenters. The van der Waals surface area contributed by atoms with E-state index in [4.69, 9.17) is 11.6 Å². The third-order valence-electron chi connectivity index (χ3n) is 2.01. The second-order valence-electron chi connectivity index (χ2n) is 3.00. The third kappa shape index (κ3) is 2.36. The molecule has 0 amide bonds. The van der Waals surface area contributed by atoms with Gasteiger partial charge in [-0.1, -0.05) is 45.7 Å². The molecule has 76 valence electrons. The van der Waals surface area contributed by atoms with Crippen molar-refractivity contribution in [3.63, 3.8) is 0 Å². The Kier molecular flexibility index (Phi) is 3.34. The molecular weight excluding hydrogens is 275 g/mol. The Morgan fingerprint density at radius 3 is 3.00 bits per heavy atom. The SMILES string of the molecule is Clc1ncnc2cc(C=CCBr)ccc12. The summed E-state index contributed by atoms with van der Waals surface area (Å²) in [6.07, 6.45) is 5.54. The summed E-state index contributed by atoms with van der Waals surface area (Å²) in [7, 11) is 0. The van der Waals surface area contributed by atoms with Crippen LogP contribution in [0.4, 0.5) is 0 Å². The Hall–Kier alpha value is -0.930. The molecule has 0 aliphatic carbocycles. The van der Waals surface area contributed by atoms with Crippen molar-refractivity contribution < 1.29 is 0 Å². The van der Waals surface area contributed by atoms with Crippen LogP contribution in [-0.2, 0) is 0 Å². The average molecular weight is 284 g/mol. The van der Waals surface area contributed by atoms with Gasteiger partial charge >= 0.3 is 0 Å². The lowest BCUT2D eigenvalue weighted by molar-refractivity contribution is 1.22. The summed E-state index contributed by atoms with van der Waals surface area (Å²) in [5, 5.41) is 2.22. The van der Waals surface area contributed by atoms with Crippen LogP contribution in [0, 0.1) is 0 Å². The number of hydrogen-bond acceptors (Lipinski definition) is 2. The molecule has 2 nitrogen and oxygen atoms in total. The fraction of sp³-hybridized carbons (Fsp3) is 0.0909. The highest BCUT2D eigenvalue weighted by molar-refractivity contribution is 9.09. The van der Waals surface area contributed by atoms with Crippen LogP contribution in [0.5, 0.6) is 0 Å². The van der Waals surface area contributed by atoms with Crippen LogP contribution in [0.15, 0.2) is 30.6 Å². The van der Waals surface area contributed by atoms with Gasteiger partial charge in [-0.05, 0) is 17.7 Å². The number of halogens is 2. The van der Waals surface area contributed by atoms with Crippen LogP contribution in [0.3, 0.4) is 0 Å². The predicted octanol–water partition coefficient (Wildman–Crippen LogP) is 3.69. The normalized spacial score (nSPS) is 11.3. The molecule has 0 atom stereocenters. The number of alkyl halides is 1. The number of nitrogens with zero attached hydrogens (tertiary/aromatic N) is 2. The van der Waals surface area contributed by atoms with Gasteiger partial charge in [0.2, 0.25) is 0 Å². The Morgan fingerprint density at radius 1 is 1.33 bits per heavy atom. The summed E-state index contributed by atoms with van der Waals surface area (Å²) in [6, 6.07) is 5.92. The van der Waals surface area contributed by atoms with Crippen molar-refractivity contribution in [3.05, 3.63) is 41.3 Å². The zero-order chi connectivity index (χ0) is 10.7. The molecule has 4 heteroatoms. The van der Waals surface area contributed by atoms with E-state index in [1.54, 1.807) is 0 Å². The summed E-state index contributed by atoms with van der Waals surface area (Å²) in [6.45, 7) is 0. The lowest BCUT2D eigenvalue weighted by atomic mass is 10.1. The highest BCUT2D eigenvalue weighted by atomic mass is 79.9. The molecule has 2 aromatic rings. The summed E-state index contributed by atoms with van der Waals surface area (Å²) in [5.41, 5.74) is 1.98. The number of benzene rings is 1. The van der Waals surface area contributed by atoms with E-state index >= 15 is 0 Å². The average Bonchev–Trinajstić information content (AvgIpc) is 2.26. The summed E-state index contributed by atoms with van der Waals surface area (Å²) >= 11 is 9.27. The van der Waals surface area contributed by atoms with Crippen molar-refractivity contribution in [2.45, 2.75) is 0 Å². The molecular formula is C11H8BrClN2. The fourth-order valence-electron chi connectivity index (χ4n) is 1.33. The van der Waals surface area contributed by atoms with E-state index < -0.39 is 0 Å². The Labute approximate surface area is 101 Å². The lowest BCUT2D eigenvalue weighted by Gasteiger charge is -1.99. The minimum absolute atomic E-state index is 0.496. The molecule has 0 spiro atoms. The van der Waals surface area contributed by atoms with Crippen molar-refractivity contribution >= 4 is 44.5 Å². The van der Waals surface area contributed by atoms with Gasteiger partial charge in [0.15, 0.2) is 0 Å². The molecule has 2 rings (SSSR count). The second kappa shape index (κ2) is 4.73. The monoisotopic (exact) mass is 282 g/mol. The van der Waals surface area contributed by atoms with Gasteiger partial charge in [-0.2, -0.15) is 0 Å². The van der Waals surface area contributed by atoms with E-state index in [0.29, 0.717) is 5.15 Å². The largest absolute Gasteiger partial charge is 0.236 e. The molecule has 0 N–H and O–H groups in total. The molecule has 0 aliphatic heterocycles. The van der Waals surface area contributed by atoms with Crippen LogP contribution >= 0.6 is 27.5 Å². The molecule has 0 aliphatic rings. The van der Waals surface area contributed by atoms with Crippen LogP contribution in [0.25, 0.3) is 17.0 Å². The van der Waals surface area contributed by atoms with Gasteiger partial charge in [0.05, 0.1) is 5.52 Å². The molecule has 1 aromatic carbocycles. The second-order valence-corrected chi connectivity index (χ2v) is 4.00. The maximum Gasteiger partial charge on any atom is 0.140 e. The van der Waals surface area contributed by atoms with Gasteiger partial charge in [-0.3, -0.25) is 0 Å². The van der Waals surface area contributed by atoms with Crippen LogP contribution in [0.1, 0.15) is 5.56 Å². The Balaban J connectivity index is 2.52. The van der Waals surface area contributed by atoms with Crippen LogP contribution < -0.4 is 0 Å². The number of aromatic nitrogens is 2. The molecule has 0 saturated heterocycles. The molecule has 0 bridgehead atoms. The van der Waals surface area contributed by atoms with E-state index in [1.807, 2.05) is 30.4 Å². The van der Waals surface area contributed by atoms with Crippen molar-refractivity contribution in [2.24, 2.45) is 0 Å². The van der Waals surface area contributed by atoms with E-state index in [9.17, 15) is 0 Å². The van der Waals surface area contributed by atoms with E-state index in [0.717, 1.165) is 21.8 Å². The van der Waals surface area contributed by atoms with Gasteiger partial charge in [0, 0.05) is 10.7 Å². The van der Waals surface area contributed by atoms with Gasteiger partial charge in [0.1, 0.15) is 11.5 Å². The molecule has 1 heterocycles. The minimum atomic E-state index is 0.496. The first-order valence-corrected chi connectivity index (χ1v) is 5.94. The van der Waals surface area contributed by atoms with Crippen LogP contribution in [-0.4, -0.2) is 15.3 Å². The molecule has 0 fully saturated rings. The molecule has 1 aromatic heterocycles. The maximum absolute atomic E-state index is 5.94. The van der Waals surface area contributed by atoms with Crippen molar-refractivity contribution in [2.75, 3.05) is 5.33 Å². The number of fused-ring (bicyclic) bond motifs is 1. The number of allylic oxidation sites excluding steroid dienone is 1. The van der Waals surface area contributed by atoms with Gasteiger partial charge in [-0.15, -0.1) is 0 Å². The highest BCUT2D eigenvalue weighted by Gasteiger charge is 2.00. The topological polar surface area (TPSA) is 25.8 Å². The first-order valence-electron chi connectivity index (χ1n) is 4.44. The third-order valence-corrected chi connectivity index (χ3v) is 2.69. The van der Waals surface area contributed by atoms with E-state index in [2.05, 4.69) is 25.9 Å². The minimum Gasteiger partial charge on any atom is -0.236 e. The maximum atomic E-state index is 5.94. The number of rotatable bonds is 2. The van der Waals surface area contributed by atoms with E-state index in [1.165, 1.54) is 6.33 Å². The predicted molar refractivity (Wildman–Crippen MR) is 67.4 cm³/mol. The standard InChI is InChI=1S/C11H8BrClN2/c12-5-1-2-8-3-4-9-10(6-8)14-7-15-11(9)13/h1-4,6-7H,5H2. The first kappa shape index (κ1) is 10.6. The molecule has 0 saturated carbocycles. The lowest BCUT2D eigenvalue weighted by Crippen LogP contribution is -1.84. The smallest absolute Gasteiger partial charge is 0.140 e. The van der Waals surface area contributed by atoms with Crippen LogP contribution in [0.2, 0.25) is 5.15 Å². The van der Waals surface area contributed by atoms with Crippen molar-refractivity contribution in [1.29, 1.82) is 0 Å². The van der Waals surface area contributed by atoms with Crippen molar-refractivity contribution in [3.8, 4) is 0 Å². The first-order chi connectivity index (χ1) is 7.31. The fourth-order valence-corrected chi connectivity index (χ4v) is 1.72. The number of hydrogen-bond donors (Lipinski definition) is 0. The quantitative estimate of drug-likeness (QED) is 0.620. The molecule has 0 radical (unpaired) electrons. The van der Waals surface area contributed by atoms with Gasteiger partial charge in [-0.25, -0.2) is 9.97 Å². The zero-order valence-corrected chi connectivity index (χ0v) is 10.2. The van der Waals surface area contributed by atoms with E-state index in [-0.39, 0.29) is 0 Å². The Morgan fingerprint density at radius 2 is 2.20 bits per heavy atom. The summed E-state index contributed by atoms with van der Waals surface area (Å²) < 4.78 is 0. The summed E-state index contributed by atoms with van der Waals surface area (Å²) in [4.78, 5) is 8.10. The highest BCUT2D eigenvalue weighted by Crippen LogP contribution is 2.20. The summed E-state index contributed by atoms with van der Waals surface area (Å²) in [5.74, 6) is 0. The van der Waals surface area contributed by atoms with Gasteiger partial charge < -0.3 is 0 Å². The van der Waals surface area contributed by atoms with Crippen molar-refractivity contribution in [1.82, 2.24) is 9.97 Å². The zero-order valence-electron chi connectivity index (χ0n) is 7.82. The Bertz CT molecular complexity index is 511.